The fourth-order valence-electron chi connectivity index (χ4n) is 3.70. The predicted octanol–water partition coefficient (Wildman–Crippen LogP) is 2.08. The molecule has 7 nitrogen and oxygen atoms in total. The van der Waals surface area contributed by atoms with Crippen molar-refractivity contribution in [2.75, 3.05) is 0 Å². The van der Waals surface area contributed by atoms with E-state index >= 15 is 0 Å². The molecule has 3 aromatic rings. The largest absolute Gasteiger partial charge is 0.324 e. The van der Waals surface area contributed by atoms with Gasteiger partial charge >= 0.3 is 0 Å². The van der Waals surface area contributed by atoms with Gasteiger partial charge in [0, 0.05) is 24.0 Å². The highest BCUT2D eigenvalue weighted by Crippen LogP contribution is 2.31. The van der Waals surface area contributed by atoms with E-state index in [1.807, 2.05) is 6.07 Å². The molecule has 26 heavy (non-hydrogen) atoms. The number of aryl methyl sites for hydroxylation is 2. The third kappa shape index (κ3) is 2.90. The molecule has 136 valence electrons. The third-order valence-corrected chi connectivity index (χ3v) is 6.01. The number of nitrogens with two attached hydrogens (primary N) is 2. The highest BCUT2D eigenvalue weighted by Gasteiger charge is 2.21. The minimum absolute atomic E-state index is 0.0306. The highest BCUT2D eigenvalue weighted by molar-refractivity contribution is 7.89. The molecule has 8 heteroatoms. The molecule has 1 aliphatic rings. The zero-order chi connectivity index (χ0) is 18.5. The lowest BCUT2D eigenvalue weighted by molar-refractivity contribution is 0.598. The first-order valence-electron chi connectivity index (χ1n) is 8.61. The van der Waals surface area contributed by atoms with Gasteiger partial charge in [0.05, 0.1) is 5.69 Å². The van der Waals surface area contributed by atoms with Gasteiger partial charge in [-0.25, -0.2) is 23.1 Å². The SMILES string of the molecule is Cc1nn2cc(-c3ccc4c(c3)CCCCC4N)cnc2c1S(N)(=O)=O. The van der Waals surface area contributed by atoms with E-state index in [2.05, 4.69) is 22.2 Å². The lowest BCUT2D eigenvalue weighted by Gasteiger charge is -2.14. The summed E-state index contributed by atoms with van der Waals surface area (Å²) < 4.78 is 25.0. The molecule has 2 aromatic heterocycles. The Morgan fingerprint density at radius 1 is 1.23 bits per heavy atom. The first kappa shape index (κ1) is 17.1. The normalized spacial score (nSPS) is 17.9. The van der Waals surface area contributed by atoms with E-state index in [9.17, 15) is 8.42 Å². The molecule has 0 spiro atoms. The maximum atomic E-state index is 11.8. The molecule has 1 aliphatic carbocycles. The lowest BCUT2D eigenvalue weighted by atomic mass is 9.95. The second kappa shape index (κ2) is 6.15. The van der Waals surface area contributed by atoms with E-state index in [0.29, 0.717) is 5.69 Å². The summed E-state index contributed by atoms with van der Waals surface area (Å²) in [6, 6.07) is 6.37. The van der Waals surface area contributed by atoms with Crippen molar-refractivity contribution in [1.29, 1.82) is 0 Å². The summed E-state index contributed by atoms with van der Waals surface area (Å²) in [4.78, 5) is 4.28. The second-order valence-corrected chi connectivity index (χ2v) is 8.33. The predicted molar refractivity (Wildman–Crippen MR) is 99.0 cm³/mol. The quantitative estimate of drug-likeness (QED) is 0.669. The van der Waals surface area contributed by atoms with Crippen LogP contribution in [-0.4, -0.2) is 23.0 Å². The van der Waals surface area contributed by atoms with Crippen LogP contribution in [0.2, 0.25) is 0 Å². The molecule has 1 atom stereocenters. The van der Waals surface area contributed by atoms with Gasteiger partial charge in [-0.15, -0.1) is 0 Å². The maximum Gasteiger partial charge on any atom is 0.243 e. The molecule has 0 saturated heterocycles. The van der Waals surface area contributed by atoms with Gasteiger partial charge in [0.1, 0.15) is 4.90 Å². The molecule has 4 N–H and O–H groups in total. The van der Waals surface area contributed by atoms with E-state index in [1.165, 1.54) is 15.6 Å². The molecule has 0 aliphatic heterocycles. The van der Waals surface area contributed by atoms with Crippen molar-refractivity contribution in [3.05, 3.63) is 47.4 Å². The number of fused-ring (bicyclic) bond motifs is 2. The van der Waals surface area contributed by atoms with Crippen LogP contribution in [0.3, 0.4) is 0 Å². The Balaban J connectivity index is 1.82. The minimum Gasteiger partial charge on any atom is -0.324 e. The monoisotopic (exact) mass is 371 g/mol. The molecule has 0 saturated carbocycles. The van der Waals surface area contributed by atoms with Gasteiger partial charge in [0.2, 0.25) is 10.0 Å². The van der Waals surface area contributed by atoms with E-state index in [4.69, 9.17) is 10.9 Å². The van der Waals surface area contributed by atoms with Gasteiger partial charge < -0.3 is 5.73 Å². The van der Waals surface area contributed by atoms with Crippen molar-refractivity contribution < 1.29 is 8.42 Å². The number of sulfonamides is 1. The van der Waals surface area contributed by atoms with Crippen molar-refractivity contribution in [3.8, 4) is 11.1 Å². The van der Waals surface area contributed by atoms with Crippen molar-refractivity contribution >= 4 is 15.7 Å². The summed E-state index contributed by atoms with van der Waals surface area (Å²) in [6.07, 6.45) is 7.75. The van der Waals surface area contributed by atoms with Crippen LogP contribution in [0.5, 0.6) is 0 Å². The molecule has 2 heterocycles. The molecular formula is C18H21N5O2S. The average molecular weight is 371 g/mol. The number of nitrogens with zero attached hydrogens (tertiary/aromatic N) is 3. The summed E-state index contributed by atoms with van der Waals surface area (Å²) in [6.45, 7) is 1.61. The Morgan fingerprint density at radius 3 is 2.81 bits per heavy atom. The Kier molecular flexibility index (Phi) is 4.06. The summed E-state index contributed by atoms with van der Waals surface area (Å²) in [5, 5.41) is 9.54. The van der Waals surface area contributed by atoms with Gasteiger partial charge in [-0.3, -0.25) is 0 Å². The zero-order valence-corrected chi connectivity index (χ0v) is 15.3. The molecule has 0 fully saturated rings. The minimum atomic E-state index is -3.88. The molecule has 0 bridgehead atoms. The number of hydrogen-bond acceptors (Lipinski definition) is 5. The van der Waals surface area contributed by atoms with Crippen LogP contribution < -0.4 is 10.9 Å². The number of benzene rings is 1. The number of aromatic nitrogens is 3. The van der Waals surface area contributed by atoms with E-state index in [-0.39, 0.29) is 16.6 Å². The van der Waals surface area contributed by atoms with Crippen LogP contribution in [0, 0.1) is 6.92 Å². The standard InChI is InChI=1S/C18H21N5O2S/c1-11-17(26(20,24)25)18-21-9-14(10-23(18)22-11)12-6-7-15-13(8-12)4-2-3-5-16(15)19/h6-10,16H,2-5,19H2,1H3,(H2,20,24,25). The van der Waals surface area contributed by atoms with Crippen LogP contribution in [0.1, 0.15) is 42.1 Å². The Bertz CT molecular complexity index is 1100. The number of primary sulfonamides is 1. The molecule has 1 aromatic carbocycles. The van der Waals surface area contributed by atoms with Gasteiger partial charge in [-0.2, -0.15) is 5.10 Å². The highest BCUT2D eigenvalue weighted by atomic mass is 32.2. The smallest absolute Gasteiger partial charge is 0.243 e. The second-order valence-electron chi connectivity index (χ2n) is 6.84. The third-order valence-electron chi connectivity index (χ3n) is 4.97. The van der Waals surface area contributed by atoms with Crippen molar-refractivity contribution in [1.82, 2.24) is 14.6 Å². The Labute approximate surface area is 152 Å². The lowest BCUT2D eigenvalue weighted by Crippen LogP contribution is -2.13. The van der Waals surface area contributed by atoms with Crippen LogP contribution in [0.25, 0.3) is 16.8 Å². The first-order chi connectivity index (χ1) is 12.3. The summed E-state index contributed by atoms with van der Waals surface area (Å²) >= 11 is 0. The fraction of sp³-hybridized carbons (Fsp3) is 0.333. The van der Waals surface area contributed by atoms with Gasteiger partial charge in [0.25, 0.3) is 0 Å². The summed E-state index contributed by atoms with van der Waals surface area (Å²) in [5.74, 6) is 0. The number of hydrogen-bond donors (Lipinski definition) is 2. The van der Waals surface area contributed by atoms with Crippen molar-refractivity contribution in [2.24, 2.45) is 10.9 Å². The molecular weight excluding hydrogens is 350 g/mol. The molecule has 0 amide bonds. The fourth-order valence-corrected chi connectivity index (χ4v) is 4.56. The van der Waals surface area contributed by atoms with E-state index in [1.54, 1.807) is 19.3 Å². The Morgan fingerprint density at radius 2 is 2.04 bits per heavy atom. The average Bonchev–Trinajstić information content (AvgIpc) is 2.81. The molecule has 1 unspecified atom stereocenters. The summed E-state index contributed by atoms with van der Waals surface area (Å²) in [7, 11) is -3.88. The molecule has 0 radical (unpaired) electrons. The van der Waals surface area contributed by atoms with Crippen LogP contribution >= 0.6 is 0 Å². The topological polar surface area (TPSA) is 116 Å². The van der Waals surface area contributed by atoms with Gasteiger partial charge in [-0.1, -0.05) is 24.6 Å². The van der Waals surface area contributed by atoms with Gasteiger partial charge in [-0.05, 0) is 42.9 Å². The molecule has 4 rings (SSSR count). The van der Waals surface area contributed by atoms with E-state index < -0.39 is 10.0 Å². The van der Waals surface area contributed by atoms with Crippen LogP contribution in [-0.2, 0) is 16.4 Å². The Hall–Kier alpha value is -2.29. The van der Waals surface area contributed by atoms with Crippen LogP contribution in [0.15, 0.2) is 35.5 Å². The van der Waals surface area contributed by atoms with Crippen LogP contribution in [0.4, 0.5) is 0 Å². The van der Waals surface area contributed by atoms with E-state index in [0.717, 1.165) is 36.8 Å². The number of rotatable bonds is 2. The van der Waals surface area contributed by atoms with Crippen molar-refractivity contribution in [2.45, 2.75) is 43.5 Å². The summed E-state index contributed by atoms with van der Waals surface area (Å²) in [5.41, 5.74) is 11.2. The van der Waals surface area contributed by atoms with Gasteiger partial charge in [0.15, 0.2) is 5.65 Å². The zero-order valence-electron chi connectivity index (χ0n) is 14.5. The first-order valence-corrected chi connectivity index (χ1v) is 10.2. The van der Waals surface area contributed by atoms with Crippen molar-refractivity contribution in [3.63, 3.8) is 0 Å². The maximum absolute atomic E-state index is 11.8.